The minimum absolute atomic E-state index is 0.0754. The minimum atomic E-state index is -0.373. The smallest absolute Gasteiger partial charge is 0.324 e. The molecule has 1 heterocycles. The Morgan fingerprint density at radius 1 is 1.54 bits per heavy atom. The largest absolute Gasteiger partial charge is 0.468 e. The summed E-state index contributed by atoms with van der Waals surface area (Å²) in [6, 6.07) is -0.373. The van der Waals surface area contributed by atoms with Crippen molar-refractivity contribution in [2.24, 2.45) is 0 Å². The summed E-state index contributed by atoms with van der Waals surface area (Å²) in [5, 5.41) is 1.45. The molecule has 0 spiro atoms. The first-order chi connectivity index (χ1) is 6.15. The maximum Gasteiger partial charge on any atom is 0.324 e. The van der Waals surface area contributed by atoms with Crippen LogP contribution < -0.4 is 5.43 Å². The van der Waals surface area contributed by atoms with E-state index in [0.29, 0.717) is 6.54 Å². The van der Waals surface area contributed by atoms with Gasteiger partial charge in [0.1, 0.15) is 6.04 Å². The second-order valence-corrected chi connectivity index (χ2v) is 3.02. The molecule has 1 aliphatic heterocycles. The molecule has 13 heavy (non-hydrogen) atoms. The molecule has 0 radical (unpaired) electrons. The van der Waals surface area contributed by atoms with Gasteiger partial charge in [-0.15, -0.1) is 0 Å². The van der Waals surface area contributed by atoms with Gasteiger partial charge in [0.15, 0.2) is 0 Å². The molecule has 1 fully saturated rings. The third kappa shape index (κ3) is 2.42. The van der Waals surface area contributed by atoms with E-state index in [-0.39, 0.29) is 17.9 Å². The van der Waals surface area contributed by atoms with Gasteiger partial charge in [-0.1, -0.05) is 0 Å². The number of hydrogen-bond donors (Lipinski definition) is 1. The van der Waals surface area contributed by atoms with Crippen LogP contribution in [-0.4, -0.2) is 36.6 Å². The number of carbonyl (C=O) groups is 2. The highest BCUT2D eigenvalue weighted by Gasteiger charge is 2.26. The van der Waals surface area contributed by atoms with Gasteiger partial charge in [-0.25, -0.2) is 5.43 Å². The molecule has 1 saturated heterocycles. The van der Waals surface area contributed by atoms with Crippen molar-refractivity contribution >= 4 is 11.9 Å². The number of esters is 1. The van der Waals surface area contributed by atoms with E-state index in [1.807, 2.05) is 0 Å². The Balaban J connectivity index is 2.51. The van der Waals surface area contributed by atoms with Crippen molar-refractivity contribution in [2.75, 3.05) is 13.7 Å². The summed E-state index contributed by atoms with van der Waals surface area (Å²) in [4.78, 5) is 22.1. The van der Waals surface area contributed by atoms with Gasteiger partial charge in [-0.3, -0.25) is 14.6 Å². The van der Waals surface area contributed by atoms with Gasteiger partial charge in [0.25, 0.3) is 0 Å². The van der Waals surface area contributed by atoms with Crippen LogP contribution in [0.4, 0.5) is 0 Å². The fraction of sp³-hybridized carbons (Fsp3) is 0.750. The number of hydrazine groups is 1. The lowest BCUT2D eigenvalue weighted by molar-refractivity contribution is -0.148. The number of amides is 1. The number of nitrogens with one attached hydrogen (secondary N) is 1. The van der Waals surface area contributed by atoms with Crippen LogP contribution in [0.25, 0.3) is 0 Å². The molecule has 5 nitrogen and oxygen atoms in total. The SMILES string of the molecule is COC(=O)[C@@H]1CCCN(C(C)=O)N1. The molecular formula is C8H14N2O3. The summed E-state index contributed by atoms with van der Waals surface area (Å²) in [7, 11) is 1.34. The lowest BCUT2D eigenvalue weighted by Gasteiger charge is -2.31. The Morgan fingerprint density at radius 3 is 2.77 bits per heavy atom. The highest BCUT2D eigenvalue weighted by Crippen LogP contribution is 2.08. The average molecular weight is 186 g/mol. The maximum absolute atomic E-state index is 11.1. The van der Waals surface area contributed by atoms with Gasteiger partial charge >= 0.3 is 5.97 Å². The van der Waals surface area contributed by atoms with Crippen LogP contribution in [0.2, 0.25) is 0 Å². The Labute approximate surface area is 77.0 Å². The van der Waals surface area contributed by atoms with E-state index >= 15 is 0 Å². The zero-order chi connectivity index (χ0) is 9.84. The highest BCUT2D eigenvalue weighted by atomic mass is 16.5. The van der Waals surface area contributed by atoms with Crippen LogP contribution in [0.5, 0.6) is 0 Å². The first-order valence-electron chi connectivity index (χ1n) is 4.27. The topological polar surface area (TPSA) is 58.6 Å². The molecule has 0 aliphatic carbocycles. The second kappa shape index (κ2) is 4.23. The number of carbonyl (C=O) groups excluding carboxylic acids is 2. The molecule has 74 valence electrons. The van der Waals surface area contributed by atoms with Crippen molar-refractivity contribution in [2.45, 2.75) is 25.8 Å². The van der Waals surface area contributed by atoms with Gasteiger partial charge in [0, 0.05) is 13.5 Å². The maximum atomic E-state index is 11.1. The van der Waals surface area contributed by atoms with Crippen LogP contribution in [0.15, 0.2) is 0 Å². The lowest BCUT2D eigenvalue weighted by atomic mass is 10.1. The molecule has 1 aliphatic rings. The van der Waals surface area contributed by atoms with Crippen LogP contribution in [0.1, 0.15) is 19.8 Å². The average Bonchev–Trinajstić information content (AvgIpc) is 2.17. The van der Waals surface area contributed by atoms with Gasteiger partial charge in [-0.05, 0) is 12.8 Å². The molecule has 0 bridgehead atoms. The number of methoxy groups -OCH3 is 1. The van der Waals surface area contributed by atoms with Crippen molar-refractivity contribution in [3.63, 3.8) is 0 Å². The van der Waals surface area contributed by atoms with Crippen LogP contribution >= 0.6 is 0 Å². The van der Waals surface area contributed by atoms with E-state index in [1.165, 1.54) is 19.0 Å². The molecule has 0 aromatic heterocycles. The number of hydrogen-bond acceptors (Lipinski definition) is 4. The van der Waals surface area contributed by atoms with Crippen molar-refractivity contribution in [3.8, 4) is 0 Å². The molecule has 0 saturated carbocycles. The Morgan fingerprint density at radius 2 is 2.23 bits per heavy atom. The second-order valence-electron chi connectivity index (χ2n) is 3.02. The third-order valence-electron chi connectivity index (χ3n) is 2.05. The van der Waals surface area contributed by atoms with Gasteiger partial charge in [0.05, 0.1) is 7.11 Å². The monoisotopic (exact) mass is 186 g/mol. The molecule has 5 heteroatoms. The third-order valence-corrected chi connectivity index (χ3v) is 2.05. The first kappa shape index (κ1) is 9.98. The quantitative estimate of drug-likeness (QED) is 0.570. The fourth-order valence-corrected chi connectivity index (χ4v) is 1.33. The zero-order valence-electron chi connectivity index (χ0n) is 7.87. The Kier molecular flexibility index (Phi) is 3.25. The summed E-state index contributed by atoms with van der Waals surface area (Å²) in [5.41, 5.74) is 2.81. The molecular weight excluding hydrogens is 172 g/mol. The van der Waals surface area contributed by atoms with Crippen molar-refractivity contribution in [1.82, 2.24) is 10.4 Å². The summed E-state index contributed by atoms with van der Waals surface area (Å²) < 4.78 is 4.58. The Hall–Kier alpha value is -1.10. The predicted octanol–water partition coefficient (Wildman–Crippen LogP) is -0.325. The summed E-state index contributed by atoms with van der Waals surface area (Å²) >= 11 is 0. The fourth-order valence-electron chi connectivity index (χ4n) is 1.33. The number of rotatable bonds is 1. The minimum Gasteiger partial charge on any atom is -0.468 e. The van der Waals surface area contributed by atoms with E-state index in [9.17, 15) is 9.59 Å². The summed E-state index contributed by atoms with van der Waals surface area (Å²) in [6.45, 7) is 2.12. The number of ether oxygens (including phenoxy) is 1. The van der Waals surface area contributed by atoms with Crippen LogP contribution in [0.3, 0.4) is 0 Å². The molecule has 1 amide bonds. The molecule has 1 atom stereocenters. The van der Waals surface area contributed by atoms with Crippen molar-refractivity contribution in [1.29, 1.82) is 0 Å². The van der Waals surface area contributed by atoms with Gasteiger partial charge < -0.3 is 4.74 Å². The van der Waals surface area contributed by atoms with Gasteiger partial charge in [0.2, 0.25) is 5.91 Å². The van der Waals surface area contributed by atoms with Gasteiger partial charge in [-0.2, -0.15) is 0 Å². The normalized spacial score (nSPS) is 22.6. The number of nitrogens with zero attached hydrogens (tertiary/aromatic N) is 1. The standard InChI is InChI=1S/C8H14N2O3/c1-6(11)10-5-3-4-7(9-10)8(12)13-2/h7,9H,3-5H2,1-2H3/t7-/m0/s1. The van der Waals surface area contributed by atoms with Crippen LogP contribution in [-0.2, 0) is 14.3 Å². The molecule has 1 rings (SSSR count). The molecule has 0 aromatic rings. The van der Waals surface area contributed by atoms with E-state index < -0.39 is 0 Å². The molecule has 0 unspecified atom stereocenters. The highest BCUT2D eigenvalue weighted by molar-refractivity contribution is 5.77. The summed E-state index contributed by atoms with van der Waals surface area (Å²) in [5.74, 6) is -0.389. The van der Waals surface area contributed by atoms with E-state index in [4.69, 9.17) is 0 Å². The Bertz CT molecular complexity index is 217. The van der Waals surface area contributed by atoms with Crippen molar-refractivity contribution in [3.05, 3.63) is 0 Å². The lowest BCUT2D eigenvalue weighted by Crippen LogP contribution is -2.54. The summed E-state index contributed by atoms with van der Waals surface area (Å²) in [6.07, 6.45) is 1.54. The van der Waals surface area contributed by atoms with E-state index in [2.05, 4.69) is 10.2 Å². The molecule has 0 aromatic carbocycles. The zero-order valence-corrected chi connectivity index (χ0v) is 7.87. The van der Waals surface area contributed by atoms with E-state index in [1.54, 1.807) is 0 Å². The van der Waals surface area contributed by atoms with E-state index in [0.717, 1.165) is 12.8 Å². The van der Waals surface area contributed by atoms with Crippen molar-refractivity contribution < 1.29 is 14.3 Å². The molecule has 1 N–H and O–H groups in total. The van der Waals surface area contributed by atoms with Crippen LogP contribution in [0, 0.1) is 0 Å². The predicted molar refractivity (Wildman–Crippen MR) is 45.6 cm³/mol. The first-order valence-corrected chi connectivity index (χ1v) is 4.27.